The third-order valence-corrected chi connectivity index (χ3v) is 3.52. The molecule has 0 radical (unpaired) electrons. The van der Waals surface area contributed by atoms with E-state index in [1.807, 2.05) is 0 Å². The van der Waals surface area contributed by atoms with E-state index >= 15 is 0 Å². The first-order valence-corrected chi connectivity index (χ1v) is 6.66. The smallest absolute Gasteiger partial charge is 0.282 e. The first kappa shape index (κ1) is 13.4. The van der Waals surface area contributed by atoms with E-state index in [1.54, 1.807) is 12.1 Å². The van der Waals surface area contributed by atoms with Gasteiger partial charge < -0.3 is 16.0 Å². The monoisotopic (exact) mass is 279 g/mol. The Labute approximate surface area is 114 Å². The number of hydrogen-bond donors (Lipinski definition) is 2. The summed E-state index contributed by atoms with van der Waals surface area (Å²) >= 11 is 1.21. The Balaban J connectivity index is 1.91. The van der Waals surface area contributed by atoms with Crippen LogP contribution in [0.5, 0.6) is 0 Å². The SMILES string of the molecule is NC(=O)c1ccc(NC(=O)CN2CCSC2=O)cc1. The Bertz CT molecular complexity index is 515. The van der Waals surface area contributed by atoms with Gasteiger partial charge in [0.2, 0.25) is 11.8 Å². The van der Waals surface area contributed by atoms with Crippen LogP contribution in [0, 0.1) is 0 Å². The molecule has 2 rings (SSSR count). The van der Waals surface area contributed by atoms with Gasteiger partial charge in [-0.25, -0.2) is 0 Å². The molecule has 3 amide bonds. The van der Waals surface area contributed by atoms with E-state index in [1.165, 1.54) is 28.8 Å². The number of nitrogens with zero attached hydrogens (tertiary/aromatic N) is 1. The fraction of sp³-hybridized carbons (Fsp3) is 0.250. The number of carbonyl (C=O) groups excluding carboxylic acids is 3. The van der Waals surface area contributed by atoms with Gasteiger partial charge in [0.25, 0.3) is 5.24 Å². The van der Waals surface area contributed by atoms with E-state index in [-0.39, 0.29) is 17.7 Å². The summed E-state index contributed by atoms with van der Waals surface area (Å²) in [7, 11) is 0. The van der Waals surface area contributed by atoms with Crippen molar-refractivity contribution in [2.75, 3.05) is 24.2 Å². The van der Waals surface area contributed by atoms with Crippen molar-refractivity contribution in [3.63, 3.8) is 0 Å². The predicted octanol–water partition coefficient (Wildman–Crippen LogP) is 0.893. The van der Waals surface area contributed by atoms with Crippen molar-refractivity contribution in [1.29, 1.82) is 0 Å². The van der Waals surface area contributed by atoms with Gasteiger partial charge >= 0.3 is 0 Å². The quantitative estimate of drug-likeness (QED) is 0.856. The van der Waals surface area contributed by atoms with E-state index in [4.69, 9.17) is 5.73 Å². The molecule has 1 aromatic carbocycles. The molecule has 100 valence electrons. The van der Waals surface area contributed by atoms with Crippen LogP contribution in [0.1, 0.15) is 10.4 Å². The lowest BCUT2D eigenvalue weighted by Gasteiger charge is -2.14. The van der Waals surface area contributed by atoms with E-state index < -0.39 is 5.91 Å². The normalized spacial score (nSPS) is 14.5. The number of benzene rings is 1. The van der Waals surface area contributed by atoms with Crippen LogP contribution in [0.15, 0.2) is 24.3 Å². The summed E-state index contributed by atoms with van der Waals surface area (Å²) in [4.78, 5) is 35.5. The second-order valence-electron chi connectivity index (χ2n) is 4.03. The Morgan fingerprint density at radius 2 is 2.00 bits per heavy atom. The topological polar surface area (TPSA) is 92.5 Å². The molecule has 3 N–H and O–H groups in total. The van der Waals surface area contributed by atoms with E-state index in [0.29, 0.717) is 17.8 Å². The second-order valence-corrected chi connectivity index (χ2v) is 5.07. The highest BCUT2D eigenvalue weighted by Gasteiger charge is 2.23. The minimum Gasteiger partial charge on any atom is -0.366 e. The van der Waals surface area contributed by atoms with Crippen molar-refractivity contribution in [3.05, 3.63) is 29.8 Å². The molecule has 6 nitrogen and oxygen atoms in total. The summed E-state index contributed by atoms with van der Waals surface area (Å²) in [5.41, 5.74) is 6.06. The molecule has 1 aliphatic rings. The molecule has 0 bridgehead atoms. The first-order chi connectivity index (χ1) is 9.06. The van der Waals surface area contributed by atoms with Crippen molar-refractivity contribution in [3.8, 4) is 0 Å². The highest BCUT2D eigenvalue weighted by Crippen LogP contribution is 2.17. The third-order valence-electron chi connectivity index (χ3n) is 2.63. The number of thioether (sulfide) groups is 1. The molecule has 0 unspecified atom stereocenters. The number of primary amides is 1. The number of amides is 3. The fourth-order valence-corrected chi connectivity index (χ4v) is 2.49. The Kier molecular flexibility index (Phi) is 4.06. The van der Waals surface area contributed by atoms with Crippen LogP contribution in [0.4, 0.5) is 10.5 Å². The van der Waals surface area contributed by atoms with Crippen LogP contribution < -0.4 is 11.1 Å². The minimum absolute atomic E-state index is 0.0450. The number of anilines is 1. The Morgan fingerprint density at radius 3 is 2.53 bits per heavy atom. The maximum Gasteiger partial charge on any atom is 0.282 e. The number of nitrogens with one attached hydrogen (secondary N) is 1. The van der Waals surface area contributed by atoms with Crippen LogP contribution in [-0.4, -0.2) is 40.8 Å². The summed E-state index contributed by atoms with van der Waals surface area (Å²) in [6, 6.07) is 6.26. The largest absolute Gasteiger partial charge is 0.366 e. The molecule has 1 fully saturated rings. The van der Waals surface area contributed by atoms with E-state index in [0.717, 1.165) is 5.75 Å². The zero-order valence-electron chi connectivity index (χ0n) is 10.1. The summed E-state index contributed by atoms with van der Waals surface area (Å²) in [5.74, 6) is -0.0559. The fourth-order valence-electron chi connectivity index (χ4n) is 1.66. The van der Waals surface area contributed by atoms with Crippen LogP contribution >= 0.6 is 11.8 Å². The van der Waals surface area contributed by atoms with Gasteiger partial charge in [0.1, 0.15) is 6.54 Å². The molecule has 0 aromatic heterocycles. The molecule has 0 spiro atoms. The third kappa shape index (κ3) is 3.47. The number of hydrogen-bond acceptors (Lipinski definition) is 4. The van der Waals surface area contributed by atoms with Crippen LogP contribution in [-0.2, 0) is 4.79 Å². The van der Waals surface area contributed by atoms with Crippen LogP contribution in [0.25, 0.3) is 0 Å². The molecular weight excluding hydrogens is 266 g/mol. The molecule has 19 heavy (non-hydrogen) atoms. The molecule has 1 heterocycles. The van der Waals surface area contributed by atoms with Gasteiger partial charge in [-0.3, -0.25) is 14.4 Å². The highest BCUT2D eigenvalue weighted by molar-refractivity contribution is 8.13. The summed E-state index contributed by atoms with van der Waals surface area (Å²) in [6.45, 7) is 0.640. The van der Waals surface area contributed by atoms with Gasteiger partial charge in [0.15, 0.2) is 0 Å². The molecule has 1 saturated heterocycles. The number of rotatable bonds is 4. The molecule has 7 heteroatoms. The van der Waals surface area contributed by atoms with Gasteiger partial charge in [-0.2, -0.15) is 0 Å². The van der Waals surface area contributed by atoms with Gasteiger partial charge in [-0.15, -0.1) is 0 Å². The van der Waals surface area contributed by atoms with Gasteiger partial charge in [-0.05, 0) is 24.3 Å². The van der Waals surface area contributed by atoms with Crippen LogP contribution in [0.3, 0.4) is 0 Å². The average molecular weight is 279 g/mol. The molecule has 0 saturated carbocycles. The van der Waals surface area contributed by atoms with Gasteiger partial charge in [0, 0.05) is 23.5 Å². The van der Waals surface area contributed by atoms with Gasteiger partial charge in [-0.1, -0.05) is 11.8 Å². The van der Waals surface area contributed by atoms with Crippen molar-refractivity contribution >= 4 is 34.5 Å². The van der Waals surface area contributed by atoms with Crippen molar-refractivity contribution < 1.29 is 14.4 Å². The molecule has 1 aromatic rings. The Hall–Kier alpha value is -2.02. The second kappa shape index (κ2) is 5.75. The molecular formula is C12H13N3O3S. The molecule has 1 aliphatic heterocycles. The lowest BCUT2D eigenvalue weighted by molar-refractivity contribution is -0.116. The minimum atomic E-state index is -0.516. The lowest BCUT2D eigenvalue weighted by Crippen LogP contribution is -2.33. The zero-order valence-corrected chi connectivity index (χ0v) is 10.9. The average Bonchev–Trinajstić information content (AvgIpc) is 2.75. The maximum absolute atomic E-state index is 11.7. The standard InChI is InChI=1S/C12H13N3O3S/c13-11(17)8-1-3-9(4-2-8)14-10(16)7-15-5-6-19-12(15)18/h1-4H,5-7H2,(H2,13,17)(H,14,16). The van der Waals surface area contributed by atoms with Crippen molar-refractivity contribution in [2.24, 2.45) is 5.73 Å². The number of nitrogens with two attached hydrogens (primary N) is 1. The Morgan fingerprint density at radius 1 is 1.32 bits per heavy atom. The number of carbonyl (C=O) groups is 3. The van der Waals surface area contributed by atoms with Crippen LogP contribution in [0.2, 0.25) is 0 Å². The molecule has 0 aliphatic carbocycles. The lowest BCUT2D eigenvalue weighted by atomic mass is 10.2. The maximum atomic E-state index is 11.7. The first-order valence-electron chi connectivity index (χ1n) is 5.67. The zero-order chi connectivity index (χ0) is 13.8. The summed E-state index contributed by atoms with van der Waals surface area (Å²) < 4.78 is 0. The van der Waals surface area contributed by atoms with E-state index in [2.05, 4.69) is 5.32 Å². The summed E-state index contributed by atoms with van der Waals surface area (Å²) in [6.07, 6.45) is 0. The van der Waals surface area contributed by atoms with Gasteiger partial charge in [0.05, 0.1) is 0 Å². The van der Waals surface area contributed by atoms with Crippen molar-refractivity contribution in [2.45, 2.75) is 0 Å². The predicted molar refractivity (Wildman–Crippen MR) is 73.0 cm³/mol. The van der Waals surface area contributed by atoms with Crippen molar-refractivity contribution in [1.82, 2.24) is 4.90 Å². The van der Waals surface area contributed by atoms with E-state index in [9.17, 15) is 14.4 Å². The molecule has 0 atom stereocenters. The summed E-state index contributed by atoms with van der Waals surface area (Å²) in [5, 5.41) is 2.59. The highest BCUT2D eigenvalue weighted by atomic mass is 32.2.